The number of rotatable bonds is 6. The third-order valence-corrected chi connectivity index (χ3v) is 4.05. The normalized spacial score (nSPS) is 10.4. The summed E-state index contributed by atoms with van der Waals surface area (Å²) in [6.07, 6.45) is 0. The first kappa shape index (κ1) is 17.9. The number of esters is 1. The van der Waals surface area contributed by atoms with Crippen LogP contribution < -0.4 is 9.47 Å². The van der Waals surface area contributed by atoms with Gasteiger partial charge in [-0.1, -0.05) is 21.1 Å². The zero-order valence-corrected chi connectivity index (χ0v) is 15.6. The summed E-state index contributed by atoms with van der Waals surface area (Å²) in [6, 6.07) is 12.2. The lowest BCUT2D eigenvalue weighted by Crippen LogP contribution is -2.06. The molecule has 0 saturated heterocycles. The van der Waals surface area contributed by atoms with Gasteiger partial charge in [-0.3, -0.25) is 0 Å². The number of ether oxygens (including phenoxy) is 3. The molecule has 7 nitrogen and oxygen atoms in total. The molecule has 8 heteroatoms. The van der Waals surface area contributed by atoms with E-state index >= 15 is 0 Å². The molecular formula is C18H15BrN2O5. The molecule has 0 saturated carbocycles. The molecular weight excluding hydrogens is 404 g/mol. The van der Waals surface area contributed by atoms with Crippen molar-refractivity contribution < 1.29 is 23.5 Å². The van der Waals surface area contributed by atoms with Crippen molar-refractivity contribution in [2.75, 3.05) is 14.2 Å². The Bertz CT molecular complexity index is 908. The van der Waals surface area contributed by atoms with Gasteiger partial charge in [-0.15, -0.1) is 0 Å². The summed E-state index contributed by atoms with van der Waals surface area (Å²) < 4.78 is 21.6. The van der Waals surface area contributed by atoms with Crippen molar-refractivity contribution in [1.82, 2.24) is 10.1 Å². The van der Waals surface area contributed by atoms with Crippen LogP contribution in [0.1, 0.15) is 16.2 Å². The predicted molar refractivity (Wildman–Crippen MR) is 96.1 cm³/mol. The summed E-state index contributed by atoms with van der Waals surface area (Å²) in [7, 11) is 3.02. The number of hydrogen-bond donors (Lipinski definition) is 0. The highest BCUT2D eigenvalue weighted by molar-refractivity contribution is 9.10. The molecule has 26 heavy (non-hydrogen) atoms. The third-order valence-electron chi connectivity index (χ3n) is 3.52. The van der Waals surface area contributed by atoms with Crippen molar-refractivity contribution in [3.63, 3.8) is 0 Å². The summed E-state index contributed by atoms with van der Waals surface area (Å²) in [5.41, 5.74) is 1.13. The Morgan fingerprint density at radius 3 is 2.50 bits per heavy atom. The molecule has 0 aliphatic rings. The lowest BCUT2D eigenvalue weighted by atomic mass is 10.2. The van der Waals surface area contributed by atoms with E-state index in [-0.39, 0.29) is 12.5 Å². The Balaban J connectivity index is 1.66. The molecule has 0 amide bonds. The lowest BCUT2D eigenvalue weighted by molar-refractivity contribution is 0.0429. The maximum Gasteiger partial charge on any atom is 0.338 e. The Morgan fingerprint density at radius 1 is 1.08 bits per heavy atom. The van der Waals surface area contributed by atoms with E-state index in [2.05, 4.69) is 26.1 Å². The van der Waals surface area contributed by atoms with Crippen LogP contribution in [0.4, 0.5) is 0 Å². The maximum atomic E-state index is 12.2. The number of nitrogens with zero attached hydrogens (tertiary/aromatic N) is 2. The molecule has 0 bridgehead atoms. The molecule has 0 atom stereocenters. The fraction of sp³-hybridized carbons (Fsp3) is 0.167. The summed E-state index contributed by atoms with van der Waals surface area (Å²) >= 11 is 3.37. The summed E-state index contributed by atoms with van der Waals surface area (Å²) in [5, 5.41) is 3.89. The average Bonchev–Trinajstić information content (AvgIpc) is 3.15. The molecule has 134 valence electrons. The van der Waals surface area contributed by atoms with E-state index in [9.17, 15) is 4.79 Å². The van der Waals surface area contributed by atoms with Crippen LogP contribution in [-0.4, -0.2) is 30.3 Å². The Morgan fingerprint density at radius 2 is 1.81 bits per heavy atom. The second-order valence-corrected chi connectivity index (χ2v) is 6.08. The van der Waals surface area contributed by atoms with Gasteiger partial charge in [0, 0.05) is 10.0 Å². The molecule has 0 radical (unpaired) electrons. The van der Waals surface area contributed by atoms with Crippen molar-refractivity contribution in [2.24, 2.45) is 0 Å². The summed E-state index contributed by atoms with van der Waals surface area (Å²) in [4.78, 5) is 16.4. The van der Waals surface area contributed by atoms with E-state index in [0.717, 1.165) is 10.0 Å². The minimum Gasteiger partial charge on any atom is -0.493 e. The van der Waals surface area contributed by atoms with E-state index in [1.807, 2.05) is 24.3 Å². The number of halogens is 1. The van der Waals surface area contributed by atoms with E-state index in [4.69, 9.17) is 18.7 Å². The largest absolute Gasteiger partial charge is 0.493 e. The fourth-order valence-corrected chi connectivity index (χ4v) is 2.47. The van der Waals surface area contributed by atoms with Crippen LogP contribution in [0, 0.1) is 0 Å². The number of benzene rings is 2. The topological polar surface area (TPSA) is 83.7 Å². The van der Waals surface area contributed by atoms with Gasteiger partial charge < -0.3 is 18.7 Å². The zero-order valence-electron chi connectivity index (χ0n) is 14.1. The first-order chi connectivity index (χ1) is 12.6. The number of carbonyl (C=O) groups excluding carboxylic acids is 1. The smallest absolute Gasteiger partial charge is 0.338 e. The molecule has 2 aromatic carbocycles. The molecule has 0 unspecified atom stereocenters. The minimum atomic E-state index is -0.533. The van der Waals surface area contributed by atoms with Crippen LogP contribution in [0.25, 0.3) is 11.4 Å². The molecule has 0 spiro atoms. The molecule has 0 aliphatic heterocycles. The van der Waals surface area contributed by atoms with Gasteiger partial charge >= 0.3 is 5.97 Å². The van der Waals surface area contributed by atoms with Crippen molar-refractivity contribution >= 4 is 21.9 Å². The average molecular weight is 419 g/mol. The minimum absolute atomic E-state index is 0.128. The fourth-order valence-electron chi connectivity index (χ4n) is 2.20. The van der Waals surface area contributed by atoms with Crippen molar-refractivity contribution in [3.05, 3.63) is 58.4 Å². The van der Waals surface area contributed by atoms with Gasteiger partial charge in [-0.05, 0) is 42.5 Å². The Kier molecular flexibility index (Phi) is 5.52. The standard InChI is InChI=1S/C18H15BrN2O5/c1-23-14-8-5-12(9-15(14)24-2)18(22)25-10-16-20-17(21-26-16)11-3-6-13(19)7-4-11/h3-9H,10H2,1-2H3. The maximum absolute atomic E-state index is 12.2. The van der Waals surface area contributed by atoms with Gasteiger partial charge in [0.2, 0.25) is 5.82 Å². The van der Waals surface area contributed by atoms with Crippen molar-refractivity contribution in [3.8, 4) is 22.9 Å². The van der Waals surface area contributed by atoms with E-state index in [0.29, 0.717) is 22.9 Å². The lowest BCUT2D eigenvalue weighted by Gasteiger charge is -2.08. The Hall–Kier alpha value is -2.87. The molecule has 0 fully saturated rings. The van der Waals surface area contributed by atoms with Crippen molar-refractivity contribution in [2.45, 2.75) is 6.61 Å². The van der Waals surface area contributed by atoms with Crippen LogP contribution >= 0.6 is 15.9 Å². The molecule has 1 aromatic heterocycles. The molecule has 1 heterocycles. The number of carbonyl (C=O) groups is 1. The number of methoxy groups -OCH3 is 2. The van der Waals surface area contributed by atoms with Gasteiger partial charge in [0.25, 0.3) is 5.89 Å². The SMILES string of the molecule is COc1ccc(C(=O)OCc2nc(-c3ccc(Br)cc3)no2)cc1OC. The highest BCUT2D eigenvalue weighted by Crippen LogP contribution is 2.28. The molecule has 0 N–H and O–H groups in total. The van der Waals surface area contributed by atoms with Gasteiger partial charge in [0.15, 0.2) is 18.1 Å². The molecule has 3 rings (SSSR count). The van der Waals surface area contributed by atoms with E-state index < -0.39 is 5.97 Å². The third kappa shape index (κ3) is 4.02. The van der Waals surface area contributed by atoms with Crippen molar-refractivity contribution in [1.29, 1.82) is 0 Å². The van der Waals surface area contributed by atoms with Crippen LogP contribution in [-0.2, 0) is 11.3 Å². The van der Waals surface area contributed by atoms with E-state index in [1.54, 1.807) is 18.2 Å². The van der Waals surface area contributed by atoms with Crippen LogP contribution in [0.3, 0.4) is 0 Å². The number of aromatic nitrogens is 2. The quantitative estimate of drug-likeness (QED) is 0.561. The highest BCUT2D eigenvalue weighted by atomic mass is 79.9. The Labute approximate surface area is 158 Å². The van der Waals surface area contributed by atoms with E-state index in [1.165, 1.54) is 14.2 Å². The van der Waals surface area contributed by atoms with Gasteiger partial charge in [-0.2, -0.15) is 4.98 Å². The van der Waals surface area contributed by atoms with Crippen LogP contribution in [0.2, 0.25) is 0 Å². The van der Waals surface area contributed by atoms with Gasteiger partial charge in [0.1, 0.15) is 0 Å². The van der Waals surface area contributed by atoms with Crippen LogP contribution in [0.5, 0.6) is 11.5 Å². The molecule has 0 aliphatic carbocycles. The monoisotopic (exact) mass is 418 g/mol. The van der Waals surface area contributed by atoms with Gasteiger partial charge in [0.05, 0.1) is 19.8 Å². The molecule has 3 aromatic rings. The van der Waals surface area contributed by atoms with Gasteiger partial charge in [-0.25, -0.2) is 4.79 Å². The highest BCUT2D eigenvalue weighted by Gasteiger charge is 2.15. The summed E-state index contributed by atoms with van der Waals surface area (Å²) in [6.45, 7) is -0.128. The zero-order chi connectivity index (χ0) is 18.5. The first-order valence-corrected chi connectivity index (χ1v) is 8.37. The number of hydrogen-bond acceptors (Lipinski definition) is 7. The first-order valence-electron chi connectivity index (χ1n) is 7.58. The predicted octanol–water partition coefficient (Wildman–Crippen LogP) is 3.87. The summed E-state index contributed by atoms with van der Waals surface area (Å²) in [5.74, 6) is 1.07. The second-order valence-electron chi connectivity index (χ2n) is 5.16. The second kappa shape index (κ2) is 8.01. The van der Waals surface area contributed by atoms with Crippen LogP contribution in [0.15, 0.2) is 51.5 Å².